The molecule has 0 spiro atoms. The van der Waals surface area contributed by atoms with Crippen molar-refractivity contribution in [2.45, 2.75) is 39.7 Å². The van der Waals surface area contributed by atoms with Crippen LogP contribution in [0.3, 0.4) is 0 Å². The normalized spacial score (nSPS) is 12.5. The highest BCUT2D eigenvalue weighted by atomic mass is 16.1. The SMILES string of the molecule is CC(CCc1ccccc1)NC(=O)C(C)C. The summed E-state index contributed by atoms with van der Waals surface area (Å²) in [5, 5.41) is 3.01. The number of hydrogen-bond acceptors (Lipinski definition) is 1. The van der Waals surface area contributed by atoms with Gasteiger partial charge in [-0.15, -0.1) is 0 Å². The molecule has 1 N–H and O–H groups in total. The Bertz CT molecular complexity index is 319. The summed E-state index contributed by atoms with van der Waals surface area (Å²) in [7, 11) is 0. The van der Waals surface area contributed by atoms with Gasteiger partial charge in [-0.2, -0.15) is 0 Å². The average Bonchev–Trinajstić information content (AvgIpc) is 2.27. The number of rotatable bonds is 5. The van der Waals surface area contributed by atoms with Crippen LogP contribution in [0.5, 0.6) is 0 Å². The van der Waals surface area contributed by atoms with Gasteiger partial charge >= 0.3 is 0 Å². The van der Waals surface area contributed by atoms with Crippen LogP contribution < -0.4 is 5.32 Å². The lowest BCUT2D eigenvalue weighted by Crippen LogP contribution is -2.35. The fourth-order valence-corrected chi connectivity index (χ4v) is 1.51. The van der Waals surface area contributed by atoms with E-state index in [0.717, 1.165) is 12.8 Å². The van der Waals surface area contributed by atoms with Crippen LogP contribution >= 0.6 is 0 Å². The first-order chi connectivity index (χ1) is 7.59. The number of aryl methyl sites for hydroxylation is 1. The molecule has 1 amide bonds. The molecule has 1 atom stereocenters. The molecule has 1 aromatic carbocycles. The number of hydrogen-bond donors (Lipinski definition) is 1. The van der Waals surface area contributed by atoms with Crippen LogP contribution in [0.1, 0.15) is 32.8 Å². The van der Waals surface area contributed by atoms with Crippen LogP contribution in [0.25, 0.3) is 0 Å². The maximum absolute atomic E-state index is 11.5. The minimum Gasteiger partial charge on any atom is -0.353 e. The molecule has 0 aliphatic rings. The molecule has 0 aliphatic carbocycles. The molecule has 1 aromatic rings. The van der Waals surface area contributed by atoms with Crippen LogP contribution in [-0.4, -0.2) is 11.9 Å². The molecule has 0 fully saturated rings. The van der Waals surface area contributed by atoms with E-state index in [1.807, 2.05) is 32.0 Å². The number of benzene rings is 1. The molecule has 1 rings (SSSR count). The summed E-state index contributed by atoms with van der Waals surface area (Å²) in [6.45, 7) is 5.89. The lowest BCUT2D eigenvalue weighted by atomic mass is 10.1. The van der Waals surface area contributed by atoms with E-state index in [1.54, 1.807) is 0 Å². The van der Waals surface area contributed by atoms with Crippen molar-refractivity contribution in [2.75, 3.05) is 0 Å². The molecule has 16 heavy (non-hydrogen) atoms. The highest BCUT2D eigenvalue weighted by molar-refractivity contribution is 5.78. The van der Waals surface area contributed by atoms with Crippen LogP contribution in [-0.2, 0) is 11.2 Å². The monoisotopic (exact) mass is 219 g/mol. The van der Waals surface area contributed by atoms with Crippen molar-refractivity contribution in [3.05, 3.63) is 35.9 Å². The lowest BCUT2D eigenvalue weighted by Gasteiger charge is -2.15. The largest absolute Gasteiger partial charge is 0.353 e. The molecule has 0 saturated heterocycles. The summed E-state index contributed by atoms with van der Waals surface area (Å²) < 4.78 is 0. The number of amides is 1. The smallest absolute Gasteiger partial charge is 0.222 e. The van der Waals surface area contributed by atoms with Gasteiger partial charge in [0.15, 0.2) is 0 Å². The second-order valence-electron chi connectivity index (χ2n) is 4.59. The first-order valence-electron chi connectivity index (χ1n) is 5.94. The first-order valence-corrected chi connectivity index (χ1v) is 5.94. The summed E-state index contributed by atoms with van der Waals surface area (Å²) in [6, 6.07) is 10.6. The number of nitrogens with one attached hydrogen (secondary N) is 1. The van der Waals surface area contributed by atoms with Crippen molar-refractivity contribution in [3.8, 4) is 0 Å². The molecule has 88 valence electrons. The molecule has 0 heterocycles. The number of carbonyl (C=O) groups excluding carboxylic acids is 1. The van der Waals surface area contributed by atoms with E-state index in [1.165, 1.54) is 5.56 Å². The summed E-state index contributed by atoms with van der Waals surface area (Å²) in [5.74, 6) is 0.208. The fourth-order valence-electron chi connectivity index (χ4n) is 1.51. The predicted molar refractivity (Wildman–Crippen MR) is 67.2 cm³/mol. The molecular weight excluding hydrogens is 198 g/mol. The van der Waals surface area contributed by atoms with E-state index in [2.05, 4.69) is 24.4 Å². The summed E-state index contributed by atoms with van der Waals surface area (Å²) in [6.07, 6.45) is 2.00. The van der Waals surface area contributed by atoms with Gasteiger partial charge in [-0.05, 0) is 25.3 Å². The topological polar surface area (TPSA) is 29.1 Å². The lowest BCUT2D eigenvalue weighted by molar-refractivity contribution is -0.124. The van der Waals surface area contributed by atoms with Gasteiger partial charge in [-0.3, -0.25) is 4.79 Å². The van der Waals surface area contributed by atoms with Crippen LogP contribution in [0, 0.1) is 5.92 Å². The second-order valence-corrected chi connectivity index (χ2v) is 4.59. The van der Waals surface area contributed by atoms with Crippen molar-refractivity contribution in [2.24, 2.45) is 5.92 Å². The Morgan fingerprint density at radius 1 is 1.19 bits per heavy atom. The zero-order valence-corrected chi connectivity index (χ0v) is 10.4. The van der Waals surface area contributed by atoms with Gasteiger partial charge in [0.05, 0.1) is 0 Å². The Balaban J connectivity index is 2.30. The van der Waals surface area contributed by atoms with E-state index in [9.17, 15) is 4.79 Å². The minimum atomic E-state index is 0.0687. The molecule has 0 aliphatic heterocycles. The van der Waals surface area contributed by atoms with Crippen LogP contribution in [0.2, 0.25) is 0 Å². The van der Waals surface area contributed by atoms with Crippen LogP contribution in [0.4, 0.5) is 0 Å². The van der Waals surface area contributed by atoms with Gasteiger partial charge in [-0.25, -0.2) is 0 Å². The minimum absolute atomic E-state index is 0.0687. The van der Waals surface area contributed by atoms with E-state index in [4.69, 9.17) is 0 Å². The molecule has 1 unspecified atom stereocenters. The van der Waals surface area contributed by atoms with E-state index in [-0.39, 0.29) is 17.9 Å². The first kappa shape index (κ1) is 12.8. The highest BCUT2D eigenvalue weighted by Gasteiger charge is 2.10. The van der Waals surface area contributed by atoms with E-state index in [0.29, 0.717) is 0 Å². The summed E-state index contributed by atoms with van der Waals surface area (Å²) in [5.41, 5.74) is 1.33. The Kier molecular flexibility index (Phi) is 5.03. The average molecular weight is 219 g/mol. The molecule has 0 radical (unpaired) electrons. The standard InChI is InChI=1S/C14H21NO/c1-11(2)14(16)15-12(3)9-10-13-7-5-4-6-8-13/h4-8,11-12H,9-10H2,1-3H3,(H,15,16). The van der Waals surface area contributed by atoms with Crippen molar-refractivity contribution in [1.82, 2.24) is 5.32 Å². The highest BCUT2D eigenvalue weighted by Crippen LogP contribution is 2.05. The maximum atomic E-state index is 11.5. The van der Waals surface area contributed by atoms with Gasteiger partial charge in [0.25, 0.3) is 0 Å². The second kappa shape index (κ2) is 6.31. The summed E-state index contributed by atoms with van der Waals surface area (Å²) in [4.78, 5) is 11.5. The molecule has 2 heteroatoms. The molecule has 2 nitrogen and oxygen atoms in total. The van der Waals surface area contributed by atoms with Crippen molar-refractivity contribution in [1.29, 1.82) is 0 Å². The number of carbonyl (C=O) groups is 1. The maximum Gasteiger partial charge on any atom is 0.222 e. The Hall–Kier alpha value is -1.31. The van der Waals surface area contributed by atoms with Gasteiger partial charge in [0, 0.05) is 12.0 Å². The van der Waals surface area contributed by atoms with Gasteiger partial charge < -0.3 is 5.32 Å². The Labute approximate surface area is 98.1 Å². The van der Waals surface area contributed by atoms with Crippen molar-refractivity contribution in [3.63, 3.8) is 0 Å². The Morgan fingerprint density at radius 2 is 1.81 bits per heavy atom. The zero-order valence-electron chi connectivity index (χ0n) is 10.4. The molecule has 0 bridgehead atoms. The fraction of sp³-hybridized carbons (Fsp3) is 0.500. The third-order valence-electron chi connectivity index (χ3n) is 2.62. The van der Waals surface area contributed by atoms with Gasteiger partial charge in [-0.1, -0.05) is 44.2 Å². The van der Waals surface area contributed by atoms with E-state index < -0.39 is 0 Å². The Morgan fingerprint density at radius 3 is 2.38 bits per heavy atom. The van der Waals surface area contributed by atoms with Gasteiger partial charge in [0.1, 0.15) is 0 Å². The summed E-state index contributed by atoms with van der Waals surface area (Å²) >= 11 is 0. The van der Waals surface area contributed by atoms with Gasteiger partial charge in [0.2, 0.25) is 5.91 Å². The molecular formula is C14H21NO. The zero-order chi connectivity index (χ0) is 12.0. The van der Waals surface area contributed by atoms with E-state index >= 15 is 0 Å². The predicted octanol–water partition coefficient (Wildman–Crippen LogP) is 2.78. The molecule has 0 saturated carbocycles. The third-order valence-corrected chi connectivity index (χ3v) is 2.62. The quantitative estimate of drug-likeness (QED) is 0.810. The van der Waals surface area contributed by atoms with Crippen molar-refractivity contribution >= 4 is 5.91 Å². The van der Waals surface area contributed by atoms with Crippen LogP contribution in [0.15, 0.2) is 30.3 Å². The van der Waals surface area contributed by atoms with Crippen molar-refractivity contribution < 1.29 is 4.79 Å². The molecule has 0 aromatic heterocycles. The third kappa shape index (κ3) is 4.47.